The van der Waals surface area contributed by atoms with Gasteiger partial charge in [0.1, 0.15) is 0 Å². The third-order valence-corrected chi connectivity index (χ3v) is 5.33. The summed E-state index contributed by atoms with van der Waals surface area (Å²) >= 11 is 4.67. The summed E-state index contributed by atoms with van der Waals surface area (Å²) in [6.45, 7) is 6.56. The van der Waals surface area contributed by atoms with Gasteiger partial charge >= 0.3 is 0 Å². The predicted octanol–water partition coefficient (Wildman–Crippen LogP) is 5.26. The Morgan fingerprint density at radius 2 is 1.78 bits per heavy atom. The van der Waals surface area contributed by atoms with E-state index in [2.05, 4.69) is 69.3 Å². The molecule has 0 aliphatic rings. The highest BCUT2D eigenvalue weighted by molar-refractivity contribution is 9.10. The van der Waals surface area contributed by atoms with Crippen molar-refractivity contribution in [2.24, 2.45) is 0 Å². The van der Waals surface area contributed by atoms with Crippen LogP contribution in [0.2, 0.25) is 0 Å². The molecule has 2 aromatic carbocycles. The number of hydrogen-bond donors (Lipinski definition) is 2. The Balaban J connectivity index is 1.57. The summed E-state index contributed by atoms with van der Waals surface area (Å²) < 4.78 is 0.971. The van der Waals surface area contributed by atoms with Crippen LogP contribution >= 0.6 is 27.7 Å². The molecule has 1 amide bonds. The van der Waals surface area contributed by atoms with Crippen LogP contribution in [-0.4, -0.2) is 26.8 Å². The van der Waals surface area contributed by atoms with Crippen LogP contribution in [0.25, 0.3) is 11.4 Å². The van der Waals surface area contributed by atoms with Crippen molar-refractivity contribution in [3.8, 4) is 11.4 Å². The molecule has 3 aromatic rings. The number of halogens is 1. The van der Waals surface area contributed by atoms with E-state index < -0.39 is 0 Å². The van der Waals surface area contributed by atoms with Crippen molar-refractivity contribution >= 4 is 39.3 Å². The molecule has 0 atom stereocenters. The van der Waals surface area contributed by atoms with Gasteiger partial charge in [0.15, 0.2) is 5.82 Å². The van der Waals surface area contributed by atoms with Gasteiger partial charge in [0, 0.05) is 15.7 Å². The molecule has 0 bridgehead atoms. The molecular formula is C20H21BrN4OS. The molecule has 0 saturated heterocycles. The Morgan fingerprint density at radius 3 is 2.41 bits per heavy atom. The van der Waals surface area contributed by atoms with Gasteiger partial charge in [-0.3, -0.25) is 9.89 Å². The SMILES string of the molecule is CC(C)(C)c1ccc(-c2nc(SCC(=O)Nc3ccc(Br)cc3)n[nH]2)cc1. The first kappa shape index (κ1) is 19.6. The van der Waals surface area contributed by atoms with E-state index in [-0.39, 0.29) is 17.1 Å². The molecule has 0 aliphatic carbocycles. The molecule has 1 aromatic heterocycles. The van der Waals surface area contributed by atoms with Gasteiger partial charge in [0.25, 0.3) is 0 Å². The van der Waals surface area contributed by atoms with Crippen molar-refractivity contribution in [2.45, 2.75) is 31.3 Å². The van der Waals surface area contributed by atoms with E-state index in [0.29, 0.717) is 11.0 Å². The fourth-order valence-corrected chi connectivity index (χ4v) is 3.29. The first-order valence-electron chi connectivity index (χ1n) is 8.53. The van der Waals surface area contributed by atoms with Gasteiger partial charge in [-0.2, -0.15) is 0 Å². The van der Waals surface area contributed by atoms with Crippen molar-refractivity contribution in [1.29, 1.82) is 0 Å². The van der Waals surface area contributed by atoms with Crippen LogP contribution in [0.3, 0.4) is 0 Å². The standard InChI is InChI=1S/C20H21BrN4OS/c1-20(2,3)14-6-4-13(5-7-14)18-23-19(25-24-18)27-12-17(26)22-16-10-8-15(21)9-11-16/h4-11H,12H2,1-3H3,(H,22,26)(H,23,24,25). The van der Waals surface area contributed by atoms with Gasteiger partial charge in [0.2, 0.25) is 11.1 Å². The Labute approximate surface area is 171 Å². The van der Waals surface area contributed by atoms with Crippen LogP contribution < -0.4 is 5.32 Å². The summed E-state index contributed by atoms with van der Waals surface area (Å²) in [5.74, 6) is 0.852. The van der Waals surface area contributed by atoms with Gasteiger partial charge in [0.05, 0.1) is 5.75 Å². The minimum atomic E-state index is -0.0943. The Morgan fingerprint density at radius 1 is 1.11 bits per heavy atom. The average Bonchev–Trinajstić information content (AvgIpc) is 3.10. The van der Waals surface area contributed by atoms with E-state index in [9.17, 15) is 4.79 Å². The highest BCUT2D eigenvalue weighted by atomic mass is 79.9. The number of aromatic nitrogens is 3. The van der Waals surface area contributed by atoms with Gasteiger partial charge in [-0.05, 0) is 35.2 Å². The van der Waals surface area contributed by atoms with Gasteiger partial charge in [-0.15, -0.1) is 5.10 Å². The maximum atomic E-state index is 12.1. The minimum absolute atomic E-state index is 0.0943. The molecule has 1 heterocycles. The van der Waals surface area contributed by atoms with Crippen molar-refractivity contribution in [3.63, 3.8) is 0 Å². The van der Waals surface area contributed by atoms with Crippen LogP contribution in [-0.2, 0) is 10.2 Å². The van der Waals surface area contributed by atoms with Crippen LogP contribution in [0.4, 0.5) is 5.69 Å². The Bertz CT molecular complexity index is 914. The molecule has 27 heavy (non-hydrogen) atoms. The molecule has 0 unspecified atom stereocenters. The van der Waals surface area contributed by atoms with E-state index in [0.717, 1.165) is 15.7 Å². The number of anilines is 1. The molecular weight excluding hydrogens is 424 g/mol. The van der Waals surface area contributed by atoms with Crippen LogP contribution in [0, 0.1) is 0 Å². The van der Waals surface area contributed by atoms with E-state index in [4.69, 9.17) is 0 Å². The highest BCUT2D eigenvalue weighted by Gasteiger charge is 2.14. The fraction of sp³-hybridized carbons (Fsp3) is 0.250. The summed E-state index contributed by atoms with van der Waals surface area (Å²) in [5, 5.41) is 10.5. The Kier molecular flexibility index (Phi) is 6.01. The normalized spacial score (nSPS) is 11.4. The van der Waals surface area contributed by atoms with E-state index in [1.54, 1.807) is 0 Å². The van der Waals surface area contributed by atoms with Gasteiger partial charge < -0.3 is 5.32 Å². The molecule has 0 fully saturated rings. The number of thioether (sulfide) groups is 1. The molecule has 0 spiro atoms. The number of H-pyrrole nitrogens is 1. The molecule has 0 radical (unpaired) electrons. The number of carbonyl (C=O) groups is 1. The smallest absolute Gasteiger partial charge is 0.234 e. The lowest BCUT2D eigenvalue weighted by Crippen LogP contribution is -2.13. The summed E-state index contributed by atoms with van der Waals surface area (Å²) in [6.07, 6.45) is 0. The second-order valence-electron chi connectivity index (χ2n) is 7.14. The van der Waals surface area contributed by atoms with Crippen molar-refractivity contribution in [1.82, 2.24) is 15.2 Å². The summed E-state index contributed by atoms with van der Waals surface area (Å²) in [6, 6.07) is 15.8. The largest absolute Gasteiger partial charge is 0.325 e. The molecule has 0 saturated carbocycles. The van der Waals surface area contributed by atoms with Gasteiger partial charge in [-0.25, -0.2) is 4.98 Å². The maximum absolute atomic E-state index is 12.1. The first-order chi connectivity index (χ1) is 12.8. The lowest BCUT2D eigenvalue weighted by atomic mass is 9.87. The second-order valence-corrected chi connectivity index (χ2v) is 9.00. The zero-order valence-electron chi connectivity index (χ0n) is 15.4. The number of rotatable bonds is 5. The molecule has 0 aliphatic heterocycles. The molecule has 140 valence electrons. The van der Waals surface area contributed by atoms with Crippen molar-refractivity contribution in [2.75, 3.05) is 11.1 Å². The van der Waals surface area contributed by atoms with Crippen molar-refractivity contribution < 1.29 is 4.79 Å². The second kappa shape index (κ2) is 8.27. The molecule has 2 N–H and O–H groups in total. The third-order valence-electron chi connectivity index (χ3n) is 3.95. The number of nitrogens with zero attached hydrogens (tertiary/aromatic N) is 2. The fourth-order valence-electron chi connectivity index (χ4n) is 2.43. The minimum Gasteiger partial charge on any atom is -0.325 e. The number of benzene rings is 2. The monoisotopic (exact) mass is 444 g/mol. The molecule has 3 rings (SSSR count). The third kappa shape index (κ3) is 5.43. The zero-order valence-corrected chi connectivity index (χ0v) is 17.8. The first-order valence-corrected chi connectivity index (χ1v) is 10.3. The lowest BCUT2D eigenvalue weighted by Gasteiger charge is -2.18. The highest BCUT2D eigenvalue weighted by Crippen LogP contribution is 2.25. The number of hydrogen-bond acceptors (Lipinski definition) is 4. The summed E-state index contributed by atoms with van der Waals surface area (Å²) in [5.41, 5.74) is 3.12. The van der Waals surface area contributed by atoms with Crippen LogP contribution in [0.5, 0.6) is 0 Å². The topological polar surface area (TPSA) is 70.7 Å². The van der Waals surface area contributed by atoms with Gasteiger partial charge in [-0.1, -0.05) is 72.7 Å². The van der Waals surface area contributed by atoms with Crippen molar-refractivity contribution in [3.05, 3.63) is 58.6 Å². The zero-order chi connectivity index (χ0) is 19.4. The number of nitrogens with one attached hydrogen (secondary N) is 2. The number of carbonyl (C=O) groups excluding carboxylic acids is 1. The number of amides is 1. The maximum Gasteiger partial charge on any atom is 0.234 e. The lowest BCUT2D eigenvalue weighted by molar-refractivity contribution is -0.113. The molecule has 5 nitrogen and oxygen atoms in total. The Hall–Kier alpha value is -2.12. The number of aromatic amines is 1. The van der Waals surface area contributed by atoms with E-state index >= 15 is 0 Å². The van der Waals surface area contributed by atoms with E-state index in [1.807, 2.05) is 36.4 Å². The summed E-state index contributed by atoms with van der Waals surface area (Å²) in [7, 11) is 0. The van der Waals surface area contributed by atoms with Crippen LogP contribution in [0.15, 0.2) is 58.2 Å². The quantitative estimate of drug-likeness (QED) is 0.526. The molecule has 7 heteroatoms. The summed E-state index contributed by atoms with van der Waals surface area (Å²) in [4.78, 5) is 16.5. The van der Waals surface area contributed by atoms with Crippen LogP contribution in [0.1, 0.15) is 26.3 Å². The van der Waals surface area contributed by atoms with E-state index in [1.165, 1.54) is 17.3 Å². The predicted molar refractivity (Wildman–Crippen MR) is 114 cm³/mol. The average molecular weight is 445 g/mol.